The largest absolute Gasteiger partial charge is 0.492 e. The number of hydrogen-bond acceptors (Lipinski definition) is 3. The van der Waals surface area contributed by atoms with Crippen LogP contribution < -0.4 is 9.64 Å². The Kier molecular flexibility index (Phi) is 4.60. The summed E-state index contributed by atoms with van der Waals surface area (Å²) in [4.78, 5) is 12.8. The molecule has 1 N–H and O–H groups in total. The zero-order valence-electron chi connectivity index (χ0n) is 11.3. The van der Waals surface area contributed by atoms with Crippen LogP contribution in [-0.2, 0) is 0 Å². The summed E-state index contributed by atoms with van der Waals surface area (Å²) in [6.45, 7) is 1.29. The van der Waals surface area contributed by atoms with E-state index in [1.165, 1.54) is 0 Å². The van der Waals surface area contributed by atoms with E-state index in [4.69, 9.17) is 9.84 Å². The maximum atomic E-state index is 10.7. The monoisotopic (exact) mass is 271 g/mol. The van der Waals surface area contributed by atoms with E-state index in [9.17, 15) is 4.79 Å². The van der Waals surface area contributed by atoms with Gasteiger partial charge in [0.05, 0.1) is 12.1 Å². The fraction of sp³-hybridized carbons (Fsp3) is 0.188. The Bertz CT molecular complexity index is 552. The standard InChI is InChI=1S/C16H17NO3/c1-17(14-5-3-2-4-6-14)11-12-20-15-9-7-13(8-10-15)16(18)19/h2-10H,11-12H2,1H3,(H,18,19). The normalized spacial score (nSPS) is 10.1. The van der Waals surface area contributed by atoms with Crippen LogP contribution in [0.3, 0.4) is 0 Å². The summed E-state index contributed by atoms with van der Waals surface area (Å²) in [5.74, 6) is -0.253. The fourth-order valence-corrected chi connectivity index (χ4v) is 1.81. The zero-order valence-corrected chi connectivity index (χ0v) is 11.3. The first-order chi connectivity index (χ1) is 9.66. The molecule has 2 aromatic rings. The summed E-state index contributed by atoms with van der Waals surface area (Å²) in [6.07, 6.45) is 0. The number of carboxylic acid groups (broad SMARTS) is 1. The van der Waals surface area contributed by atoms with Crippen LogP contribution in [0.25, 0.3) is 0 Å². The molecule has 0 aliphatic heterocycles. The van der Waals surface area contributed by atoms with Crippen molar-refractivity contribution in [1.82, 2.24) is 0 Å². The lowest BCUT2D eigenvalue weighted by atomic mass is 10.2. The first-order valence-corrected chi connectivity index (χ1v) is 6.39. The topological polar surface area (TPSA) is 49.8 Å². The molecule has 0 saturated heterocycles. The molecule has 0 unspecified atom stereocenters. The van der Waals surface area contributed by atoms with Crippen molar-refractivity contribution in [2.24, 2.45) is 0 Å². The summed E-state index contributed by atoms with van der Waals surface area (Å²) in [5, 5.41) is 8.80. The summed E-state index contributed by atoms with van der Waals surface area (Å²) in [5.41, 5.74) is 1.40. The summed E-state index contributed by atoms with van der Waals surface area (Å²) in [7, 11) is 2.01. The average Bonchev–Trinajstić information content (AvgIpc) is 2.48. The van der Waals surface area contributed by atoms with Crippen LogP contribution in [0.2, 0.25) is 0 Å². The number of aromatic carboxylic acids is 1. The highest BCUT2D eigenvalue weighted by molar-refractivity contribution is 5.87. The number of nitrogens with zero attached hydrogens (tertiary/aromatic N) is 1. The number of anilines is 1. The molecule has 0 bridgehead atoms. The lowest BCUT2D eigenvalue weighted by molar-refractivity contribution is 0.0697. The third-order valence-corrected chi connectivity index (χ3v) is 2.99. The fourth-order valence-electron chi connectivity index (χ4n) is 1.81. The molecule has 0 aliphatic carbocycles. The Morgan fingerprint density at radius 3 is 2.35 bits per heavy atom. The first-order valence-electron chi connectivity index (χ1n) is 6.39. The van der Waals surface area contributed by atoms with Gasteiger partial charge >= 0.3 is 5.97 Å². The molecule has 0 saturated carbocycles. The molecule has 0 fully saturated rings. The van der Waals surface area contributed by atoms with Crippen LogP contribution in [0.15, 0.2) is 54.6 Å². The summed E-state index contributed by atoms with van der Waals surface area (Å²) >= 11 is 0. The van der Waals surface area contributed by atoms with Crippen molar-refractivity contribution < 1.29 is 14.6 Å². The van der Waals surface area contributed by atoms with Crippen molar-refractivity contribution in [2.75, 3.05) is 25.1 Å². The van der Waals surface area contributed by atoms with Crippen LogP contribution in [-0.4, -0.2) is 31.3 Å². The van der Waals surface area contributed by atoms with E-state index in [0.717, 1.165) is 12.2 Å². The Hall–Kier alpha value is -2.49. The minimum Gasteiger partial charge on any atom is -0.492 e. The van der Waals surface area contributed by atoms with Gasteiger partial charge in [-0.3, -0.25) is 0 Å². The van der Waals surface area contributed by atoms with Crippen molar-refractivity contribution in [1.29, 1.82) is 0 Å². The average molecular weight is 271 g/mol. The Morgan fingerprint density at radius 1 is 1.10 bits per heavy atom. The number of carboxylic acids is 1. The molecule has 4 heteroatoms. The highest BCUT2D eigenvalue weighted by atomic mass is 16.5. The highest BCUT2D eigenvalue weighted by Crippen LogP contribution is 2.13. The van der Waals surface area contributed by atoms with Gasteiger partial charge in [0, 0.05) is 12.7 Å². The van der Waals surface area contributed by atoms with Gasteiger partial charge in [0.25, 0.3) is 0 Å². The molecule has 104 valence electrons. The van der Waals surface area contributed by atoms with Gasteiger partial charge in [-0.25, -0.2) is 4.79 Å². The van der Waals surface area contributed by atoms with Gasteiger partial charge in [-0.05, 0) is 36.4 Å². The van der Waals surface area contributed by atoms with Crippen LogP contribution in [0.1, 0.15) is 10.4 Å². The van der Waals surface area contributed by atoms with E-state index >= 15 is 0 Å². The molecule has 0 aromatic heterocycles. The predicted molar refractivity (Wildman–Crippen MR) is 78.6 cm³/mol. The molecular formula is C16H17NO3. The molecular weight excluding hydrogens is 254 g/mol. The molecule has 20 heavy (non-hydrogen) atoms. The lowest BCUT2D eigenvalue weighted by Crippen LogP contribution is -2.23. The number of ether oxygens (including phenoxy) is 1. The zero-order chi connectivity index (χ0) is 14.4. The number of para-hydroxylation sites is 1. The predicted octanol–water partition coefficient (Wildman–Crippen LogP) is 2.90. The number of benzene rings is 2. The van der Waals surface area contributed by atoms with Gasteiger partial charge in [-0.1, -0.05) is 18.2 Å². The number of rotatable bonds is 6. The minimum absolute atomic E-state index is 0.263. The molecule has 0 spiro atoms. The third-order valence-electron chi connectivity index (χ3n) is 2.99. The van der Waals surface area contributed by atoms with E-state index in [2.05, 4.69) is 4.90 Å². The lowest BCUT2D eigenvalue weighted by Gasteiger charge is -2.19. The van der Waals surface area contributed by atoms with Crippen LogP contribution in [0, 0.1) is 0 Å². The second-order valence-corrected chi connectivity index (χ2v) is 4.44. The van der Waals surface area contributed by atoms with Gasteiger partial charge in [-0.2, -0.15) is 0 Å². The summed E-state index contributed by atoms with van der Waals surface area (Å²) in [6, 6.07) is 16.5. The van der Waals surface area contributed by atoms with Crippen molar-refractivity contribution in [3.8, 4) is 5.75 Å². The van der Waals surface area contributed by atoms with Gasteiger partial charge in [0.2, 0.25) is 0 Å². The molecule has 4 nitrogen and oxygen atoms in total. The quantitative estimate of drug-likeness (QED) is 0.877. The molecule has 0 amide bonds. The maximum Gasteiger partial charge on any atom is 0.335 e. The van der Waals surface area contributed by atoms with E-state index < -0.39 is 5.97 Å². The number of carbonyl (C=O) groups is 1. The maximum absolute atomic E-state index is 10.7. The minimum atomic E-state index is -0.930. The molecule has 0 heterocycles. The molecule has 2 rings (SSSR count). The molecule has 0 aliphatic rings. The van der Waals surface area contributed by atoms with Crippen molar-refractivity contribution in [3.63, 3.8) is 0 Å². The smallest absolute Gasteiger partial charge is 0.335 e. The highest BCUT2D eigenvalue weighted by Gasteiger charge is 2.03. The second kappa shape index (κ2) is 6.61. The van der Waals surface area contributed by atoms with Crippen LogP contribution >= 0.6 is 0 Å². The summed E-state index contributed by atoms with van der Waals surface area (Å²) < 4.78 is 5.60. The van der Waals surface area contributed by atoms with E-state index in [1.807, 2.05) is 37.4 Å². The van der Waals surface area contributed by atoms with Crippen molar-refractivity contribution >= 4 is 11.7 Å². The van der Waals surface area contributed by atoms with E-state index in [0.29, 0.717) is 12.4 Å². The second-order valence-electron chi connectivity index (χ2n) is 4.44. The van der Waals surface area contributed by atoms with Crippen LogP contribution in [0.4, 0.5) is 5.69 Å². The Balaban J connectivity index is 1.82. The van der Waals surface area contributed by atoms with E-state index in [-0.39, 0.29) is 5.56 Å². The number of hydrogen-bond donors (Lipinski definition) is 1. The van der Waals surface area contributed by atoms with Crippen molar-refractivity contribution in [3.05, 3.63) is 60.2 Å². The Labute approximate surface area is 118 Å². The SMILES string of the molecule is CN(CCOc1ccc(C(=O)O)cc1)c1ccccc1. The van der Waals surface area contributed by atoms with Gasteiger partial charge in [0.1, 0.15) is 12.4 Å². The molecule has 2 aromatic carbocycles. The van der Waals surface area contributed by atoms with Crippen molar-refractivity contribution in [2.45, 2.75) is 0 Å². The van der Waals surface area contributed by atoms with Crippen LogP contribution in [0.5, 0.6) is 5.75 Å². The third kappa shape index (κ3) is 3.75. The Morgan fingerprint density at radius 2 is 1.75 bits per heavy atom. The van der Waals surface area contributed by atoms with Gasteiger partial charge in [-0.15, -0.1) is 0 Å². The van der Waals surface area contributed by atoms with E-state index in [1.54, 1.807) is 24.3 Å². The first kappa shape index (κ1) is 13.9. The van der Waals surface area contributed by atoms with Gasteiger partial charge < -0.3 is 14.7 Å². The molecule has 0 atom stereocenters. The number of likely N-dealkylation sites (N-methyl/N-ethyl adjacent to an activating group) is 1. The van der Waals surface area contributed by atoms with Gasteiger partial charge in [0.15, 0.2) is 0 Å². The molecule has 0 radical (unpaired) electrons.